The third kappa shape index (κ3) is 3.05. The first kappa shape index (κ1) is 14.0. The minimum atomic E-state index is 0.350. The number of ether oxygens (including phenoxy) is 1. The van der Waals surface area contributed by atoms with Crippen molar-refractivity contribution in [1.29, 1.82) is 0 Å². The Kier molecular flexibility index (Phi) is 4.14. The topological polar surface area (TPSA) is 21.3 Å². The summed E-state index contributed by atoms with van der Waals surface area (Å²) in [5, 5.41) is 3.67. The van der Waals surface area contributed by atoms with E-state index in [-0.39, 0.29) is 0 Å². The summed E-state index contributed by atoms with van der Waals surface area (Å²) in [5.41, 5.74) is 5.27. The number of hydrogen-bond donors (Lipinski definition) is 1. The van der Waals surface area contributed by atoms with Crippen LogP contribution in [0.4, 0.5) is 5.69 Å². The summed E-state index contributed by atoms with van der Waals surface area (Å²) < 4.78 is 5.59. The molecule has 0 aromatic heterocycles. The Morgan fingerprint density at radius 2 is 2.05 bits per heavy atom. The van der Waals surface area contributed by atoms with Gasteiger partial charge in [-0.3, -0.25) is 0 Å². The van der Waals surface area contributed by atoms with Crippen LogP contribution in [-0.2, 0) is 12.8 Å². The normalized spacial score (nSPS) is 14.4. The van der Waals surface area contributed by atoms with Crippen LogP contribution in [0.25, 0.3) is 0 Å². The van der Waals surface area contributed by atoms with E-state index in [1.807, 2.05) is 0 Å². The van der Waals surface area contributed by atoms with Gasteiger partial charge in [-0.2, -0.15) is 0 Å². The lowest BCUT2D eigenvalue weighted by Gasteiger charge is -2.20. The van der Waals surface area contributed by atoms with E-state index < -0.39 is 0 Å². The zero-order chi connectivity index (χ0) is 14.7. The molecular formula is C19H23NO. The van der Waals surface area contributed by atoms with E-state index in [1.165, 1.54) is 22.4 Å². The van der Waals surface area contributed by atoms with Gasteiger partial charge in [0.05, 0.1) is 12.6 Å². The molecule has 3 rings (SSSR count). The molecule has 0 spiro atoms. The highest BCUT2D eigenvalue weighted by molar-refractivity contribution is 5.49. The lowest BCUT2D eigenvalue weighted by molar-refractivity contribution is 0.357. The molecule has 2 aromatic rings. The second-order valence-corrected chi connectivity index (χ2v) is 5.62. The van der Waals surface area contributed by atoms with Gasteiger partial charge in [-0.1, -0.05) is 32.0 Å². The molecule has 2 heteroatoms. The fourth-order valence-electron chi connectivity index (χ4n) is 2.93. The molecule has 110 valence electrons. The summed E-state index contributed by atoms with van der Waals surface area (Å²) in [5.74, 6) is 1.06. The SMILES string of the molecule is CCc1cccc(NC(CC)c2ccc3c(c2)CCO3)c1. The molecule has 0 saturated carbocycles. The molecule has 1 aliphatic heterocycles. The van der Waals surface area contributed by atoms with Crippen LogP contribution in [0.3, 0.4) is 0 Å². The van der Waals surface area contributed by atoms with Gasteiger partial charge in [0.25, 0.3) is 0 Å². The predicted molar refractivity (Wildman–Crippen MR) is 88.1 cm³/mol. The highest BCUT2D eigenvalue weighted by Gasteiger charge is 2.16. The van der Waals surface area contributed by atoms with Crippen molar-refractivity contribution in [2.45, 2.75) is 39.2 Å². The number of nitrogens with one attached hydrogen (secondary N) is 1. The van der Waals surface area contributed by atoms with Gasteiger partial charge >= 0.3 is 0 Å². The molecule has 1 heterocycles. The Labute approximate surface area is 127 Å². The first-order valence-electron chi connectivity index (χ1n) is 7.91. The summed E-state index contributed by atoms with van der Waals surface area (Å²) in [7, 11) is 0. The minimum absolute atomic E-state index is 0.350. The Hall–Kier alpha value is -1.96. The van der Waals surface area contributed by atoms with Crippen LogP contribution in [0, 0.1) is 0 Å². The maximum Gasteiger partial charge on any atom is 0.122 e. The van der Waals surface area contributed by atoms with Crippen LogP contribution >= 0.6 is 0 Å². The van der Waals surface area contributed by atoms with Crippen molar-refractivity contribution in [3.8, 4) is 5.75 Å². The van der Waals surface area contributed by atoms with Crippen LogP contribution in [0.2, 0.25) is 0 Å². The van der Waals surface area contributed by atoms with Gasteiger partial charge in [-0.25, -0.2) is 0 Å². The monoisotopic (exact) mass is 281 g/mol. The van der Waals surface area contributed by atoms with Gasteiger partial charge in [0.2, 0.25) is 0 Å². The smallest absolute Gasteiger partial charge is 0.122 e. The molecule has 0 aliphatic carbocycles. The summed E-state index contributed by atoms with van der Waals surface area (Å²) in [6.07, 6.45) is 3.17. The third-order valence-corrected chi connectivity index (χ3v) is 4.20. The highest BCUT2D eigenvalue weighted by atomic mass is 16.5. The van der Waals surface area contributed by atoms with Gasteiger partial charge in [-0.15, -0.1) is 0 Å². The van der Waals surface area contributed by atoms with E-state index in [4.69, 9.17) is 4.74 Å². The standard InChI is InChI=1S/C19H23NO/c1-3-14-6-5-7-17(12-14)20-18(4-2)15-8-9-19-16(13-15)10-11-21-19/h5-9,12-13,18,20H,3-4,10-11H2,1-2H3. The lowest BCUT2D eigenvalue weighted by atomic mass is 10.00. The van der Waals surface area contributed by atoms with Crippen LogP contribution < -0.4 is 10.1 Å². The zero-order valence-electron chi connectivity index (χ0n) is 12.9. The first-order valence-corrected chi connectivity index (χ1v) is 7.91. The quantitative estimate of drug-likeness (QED) is 0.854. The van der Waals surface area contributed by atoms with E-state index in [2.05, 4.69) is 61.6 Å². The van der Waals surface area contributed by atoms with Crippen molar-refractivity contribution in [1.82, 2.24) is 0 Å². The minimum Gasteiger partial charge on any atom is -0.493 e. The predicted octanol–water partition coefficient (Wildman–Crippen LogP) is 4.75. The summed E-state index contributed by atoms with van der Waals surface area (Å²) in [6, 6.07) is 15.7. The maximum atomic E-state index is 5.59. The van der Waals surface area contributed by atoms with E-state index >= 15 is 0 Å². The van der Waals surface area contributed by atoms with Crippen LogP contribution in [0.15, 0.2) is 42.5 Å². The Balaban J connectivity index is 1.81. The van der Waals surface area contributed by atoms with E-state index in [0.717, 1.165) is 31.6 Å². The molecule has 0 bridgehead atoms. The molecule has 21 heavy (non-hydrogen) atoms. The fraction of sp³-hybridized carbons (Fsp3) is 0.368. The summed E-state index contributed by atoms with van der Waals surface area (Å²) in [6.45, 7) is 5.24. The molecule has 1 N–H and O–H groups in total. The lowest BCUT2D eigenvalue weighted by Crippen LogP contribution is -2.10. The Morgan fingerprint density at radius 1 is 1.14 bits per heavy atom. The van der Waals surface area contributed by atoms with Gasteiger partial charge < -0.3 is 10.1 Å². The second-order valence-electron chi connectivity index (χ2n) is 5.62. The van der Waals surface area contributed by atoms with Gasteiger partial charge in [0.15, 0.2) is 0 Å². The van der Waals surface area contributed by atoms with Crippen LogP contribution in [0.5, 0.6) is 5.75 Å². The average Bonchev–Trinajstić information content (AvgIpc) is 3.00. The Morgan fingerprint density at radius 3 is 2.86 bits per heavy atom. The summed E-state index contributed by atoms with van der Waals surface area (Å²) in [4.78, 5) is 0. The van der Waals surface area contributed by atoms with Crippen molar-refractivity contribution in [2.75, 3.05) is 11.9 Å². The molecule has 2 nitrogen and oxygen atoms in total. The van der Waals surface area contributed by atoms with Crippen molar-refractivity contribution >= 4 is 5.69 Å². The molecule has 0 amide bonds. The number of rotatable bonds is 5. The molecule has 1 aliphatic rings. The van der Waals surface area contributed by atoms with E-state index in [1.54, 1.807) is 0 Å². The van der Waals surface area contributed by atoms with E-state index in [0.29, 0.717) is 6.04 Å². The van der Waals surface area contributed by atoms with E-state index in [9.17, 15) is 0 Å². The fourth-order valence-corrected chi connectivity index (χ4v) is 2.93. The number of aryl methyl sites for hydroxylation is 1. The molecule has 0 radical (unpaired) electrons. The Bertz CT molecular complexity index is 621. The van der Waals surface area contributed by atoms with Gasteiger partial charge in [0, 0.05) is 12.1 Å². The molecule has 0 fully saturated rings. The molecule has 2 aromatic carbocycles. The molecule has 0 saturated heterocycles. The molecule has 1 atom stereocenters. The largest absolute Gasteiger partial charge is 0.493 e. The number of fused-ring (bicyclic) bond motifs is 1. The third-order valence-electron chi connectivity index (χ3n) is 4.20. The van der Waals surface area contributed by atoms with Gasteiger partial charge in [-0.05, 0) is 53.8 Å². The van der Waals surface area contributed by atoms with Crippen molar-refractivity contribution in [3.63, 3.8) is 0 Å². The van der Waals surface area contributed by atoms with Crippen molar-refractivity contribution in [2.24, 2.45) is 0 Å². The van der Waals surface area contributed by atoms with Crippen molar-refractivity contribution in [3.05, 3.63) is 59.2 Å². The van der Waals surface area contributed by atoms with Crippen LogP contribution in [-0.4, -0.2) is 6.61 Å². The van der Waals surface area contributed by atoms with Gasteiger partial charge in [0.1, 0.15) is 5.75 Å². The maximum absolute atomic E-state index is 5.59. The number of anilines is 1. The molecule has 1 unspecified atom stereocenters. The highest BCUT2D eigenvalue weighted by Crippen LogP contribution is 2.30. The van der Waals surface area contributed by atoms with Crippen molar-refractivity contribution < 1.29 is 4.74 Å². The average molecular weight is 281 g/mol. The van der Waals surface area contributed by atoms with Crippen LogP contribution in [0.1, 0.15) is 43.0 Å². The zero-order valence-corrected chi connectivity index (χ0v) is 12.9. The summed E-state index contributed by atoms with van der Waals surface area (Å²) >= 11 is 0. The second kappa shape index (κ2) is 6.21. The number of benzene rings is 2. The molecular weight excluding hydrogens is 258 g/mol. The first-order chi connectivity index (χ1) is 10.3. The number of hydrogen-bond acceptors (Lipinski definition) is 2.